The Bertz CT molecular complexity index is 774. The molecule has 0 fully saturated rings. The SMILES string of the molecule is N#Cc1ccc(OCC(=O)NNC(=S)Nc2cccc(Br)c2)cc1. The van der Waals surface area contributed by atoms with Crippen LogP contribution < -0.4 is 20.9 Å². The normalized spacial score (nSPS) is 9.50. The molecular weight excluding hydrogens is 392 g/mol. The van der Waals surface area contributed by atoms with Gasteiger partial charge in [-0.25, -0.2) is 0 Å². The minimum Gasteiger partial charge on any atom is -0.484 e. The third-order valence-corrected chi connectivity index (χ3v) is 3.45. The number of benzene rings is 2. The lowest BCUT2D eigenvalue weighted by atomic mass is 10.2. The van der Waals surface area contributed by atoms with Crippen molar-refractivity contribution in [2.24, 2.45) is 0 Å². The van der Waals surface area contributed by atoms with Gasteiger partial charge in [0.05, 0.1) is 11.6 Å². The van der Waals surface area contributed by atoms with Crippen LogP contribution in [0.1, 0.15) is 5.56 Å². The van der Waals surface area contributed by atoms with Gasteiger partial charge in [-0.15, -0.1) is 0 Å². The first kappa shape index (κ1) is 17.7. The fourth-order valence-corrected chi connectivity index (χ4v) is 2.23. The lowest BCUT2D eigenvalue weighted by Crippen LogP contribution is -2.45. The lowest BCUT2D eigenvalue weighted by Gasteiger charge is -2.12. The minimum absolute atomic E-state index is 0.182. The molecular formula is C16H13BrN4O2S. The van der Waals surface area contributed by atoms with E-state index in [4.69, 9.17) is 22.2 Å². The molecule has 0 heterocycles. The molecule has 0 atom stereocenters. The Balaban J connectivity index is 1.72. The van der Waals surface area contributed by atoms with E-state index in [0.717, 1.165) is 10.2 Å². The Morgan fingerprint density at radius 1 is 1.21 bits per heavy atom. The standard InChI is InChI=1S/C16H13BrN4O2S/c17-12-2-1-3-13(8-12)19-16(24)21-20-15(22)10-23-14-6-4-11(9-18)5-7-14/h1-8H,10H2,(H,20,22)(H2,19,21,24). The van der Waals surface area contributed by atoms with Gasteiger partial charge >= 0.3 is 0 Å². The average Bonchev–Trinajstić information content (AvgIpc) is 2.58. The third kappa shape index (κ3) is 5.87. The second-order valence-electron chi connectivity index (χ2n) is 4.56. The number of hydrogen-bond acceptors (Lipinski definition) is 4. The van der Waals surface area contributed by atoms with Crippen molar-refractivity contribution in [3.05, 3.63) is 58.6 Å². The fraction of sp³-hybridized carbons (Fsp3) is 0.0625. The van der Waals surface area contributed by atoms with Crippen molar-refractivity contribution >= 4 is 44.9 Å². The smallest absolute Gasteiger partial charge is 0.276 e. The van der Waals surface area contributed by atoms with Gasteiger partial charge in [0.2, 0.25) is 0 Å². The van der Waals surface area contributed by atoms with Crippen LogP contribution in [-0.2, 0) is 4.79 Å². The zero-order valence-corrected chi connectivity index (χ0v) is 14.8. The summed E-state index contributed by atoms with van der Waals surface area (Å²) in [6, 6.07) is 15.9. The first-order valence-electron chi connectivity index (χ1n) is 6.81. The Morgan fingerprint density at radius 3 is 2.62 bits per heavy atom. The average molecular weight is 405 g/mol. The second-order valence-corrected chi connectivity index (χ2v) is 5.89. The molecule has 0 saturated carbocycles. The van der Waals surface area contributed by atoms with E-state index in [1.807, 2.05) is 30.3 Å². The van der Waals surface area contributed by atoms with E-state index < -0.39 is 5.91 Å². The summed E-state index contributed by atoms with van der Waals surface area (Å²) in [5.41, 5.74) is 6.32. The van der Waals surface area contributed by atoms with Gasteiger partial charge in [0.15, 0.2) is 11.7 Å². The van der Waals surface area contributed by atoms with Gasteiger partial charge in [0.25, 0.3) is 5.91 Å². The number of nitrogens with zero attached hydrogens (tertiary/aromatic N) is 1. The first-order valence-corrected chi connectivity index (χ1v) is 8.01. The zero-order valence-electron chi connectivity index (χ0n) is 12.4. The van der Waals surface area contributed by atoms with Crippen LogP contribution in [-0.4, -0.2) is 17.6 Å². The highest BCUT2D eigenvalue weighted by Crippen LogP contribution is 2.15. The Morgan fingerprint density at radius 2 is 1.96 bits per heavy atom. The molecule has 1 amide bonds. The maximum Gasteiger partial charge on any atom is 0.276 e. The number of rotatable bonds is 4. The predicted molar refractivity (Wildman–Crippen MR) is 98.3 cm³/mol. The number of nitrogens with one attached hydrogen (secondary N) is 3. The van der Waals surface area contributed by atoms with Crippen LogP contribution in [0.2, 0.25) is 0 Å². The van der Waals surface area contributed by atoms with Crippen LogP contribution >= 0.6 is 28.1 Å². The van der Waals surface area contributed by atoms with E-state index in [-0.39, 0.29) is 11.7 Å². The van der Waals surface area contributed by atoms with E-state index >= 15 is 0 Å². The summed E-state index contributed by atoms with van der Waals surface area (Å²) in [7, 11) is 0. The van der Waals surface area contributed by atoms with Crippen molar-refractivity contribution in [3.8, 4) is 11.8 Å². The highest BCUT2D eigenvalue weighted by atomic mass is 79.9. The van der Waals surface area contributed by atoms with Gasteiger partial charge in [-0.3, -0.25) is 15.6 Å². The maximum atomic E-state index is 11.7. The van der Waals surface area contributed by atoms with Crippen molar-refractivity contribution in [1.29, 1.82) is 5.26 Å². The van der Waals surface area contributed by atoms with Gasteiger partial charge in [-0.1, -0.05) is 22.0 Å². The van der Waals surface area contributed by atoms with E-state index in [1.54, 1.807) is 24.3 Å². The first-order chi connectivity index (χ1) is 11.6. The number of ether oxygens (including phenoxy) is 1. The molecule has 122 valence electrons. The third-order valence-electron chi connectivity index (χ3n) is 2.75. The van der Waals surface area contributed by atoms with Gasteiger partial charge in [-0.05, 0) is 54.7 Å². The van der Waals surface area contributed by atoms with Crippen molar-refractivity contribution in [2.45, 2.75) is 0 Å². The molecule has 0 spiro atoms. The summed E-state index contributed by atoms with van der Waals surface area (Å²) in [5.74, 6) is 0.108. The minimum atomic E-state index is -0.391. The highest BCUT2D eigenvalue weighted by molar-refractivity contribution is 9.10. The van der Waals surface area contributed by atoms with Crippen LogP contribution in [0.4, 0.5) is 5.69 Å². The molecule has 0 aromatic heterocycles. The lowest BCUT2D eigenvalue weighted by molar-refractivity contribution is -0.123. The number of hydrazine groups is 1. The summed E-state index contributed by atoms with van der Waals surface area (Å²) in [4.78, 5) is 11.7. The van der Waals surface area contributed by atoms with E-state index in [0.29, 0.717) is 11.3 Å². The summed E-state index contributed by atoms with van der Waals surface area (Å²) in [6.07, 6.45) is 0. The summed E-state index contributed by atoms with van der Waals surface area (Å²) >= 11 is 8.44. The monoisotopic (exact) mass is 404 g/mol. The molecule has 2 aromatic carbocycles. The van der Waals surface area contributed by atoms with Crippen LogP contribution in [0.3, 0.4) is 0 Å². The number of amides is 1. The number of thiocarbonyl (C=S) groups is 1. The molecule has 0 unspecified atom stereocenters. The van der Waals surface area contributed by atoms with E-state index in [1.165, 1.54) is 0 Å². The molecule has 8 heteroatoms. The summed E-state index contributed by atoms with van der Waals surface area (Å²) in [5, 5.41) is 11.9. The van der Waals surface area contributed by atoms with E-state index in [9.17, 15) is 4.79 Å². The Kier molecular flexibility index (Phi) is 6.54. The number of carbonyl (C=O) groups excluding carboxylic acids is 1. The predicted octanol–water partition coefficient (Wildman–Crippen LogP) is 2.72. The Hall–Kier alpha value is -2.63. The van der Waals surface area contributed by atoms with Crippen molar-refractivity contribution < 1.29 is 9.53 Å². The van der Waals surface area contributed by atoms with Crippen molar-refractivity contribution in [1.82, 2.24) is 10.9 Å². The molecule has 2 aromatic rings. The number of anilines is 1. The van der Waals surface area contributed by atoms with Gasteiger partial charge < -0.3 is 10.1 Å². The van der Waals surface area contributed by atoms with Crippen LogP contribution in [0.5, 0.6) is 5.75 Å². The zero-order chi connectivity index (χ0) is 17.4. The van der Waals surface area contributed by atoms with E-state index in [2.05, 4.69) is 32.1 Å². The molecule has 0 aliphatic heterocycles. The molecule has 0 bridgehead atoms. The van der Waals surface area contributed by atoms with Crippen LogP contribution in [0.25, 0.3) is 0 Å². The molecule has 24 heavy (non-hydrogen) atoms. The number of nitriles is 1. The number of carbonyl (C=O) groups is 1. The summed E-state index contributed by atoms with van der Waals surface area (Å²) < 4.78 is 6.21. The van der Waals surface area contributed by atoms with Crippen LogP contribution in [0.15, 0.2) is 53.0 Å². The maximum absolute atomic E-state index is 11.7. The van der Waals surface area contributed by atoms with Crippen molar-refractivity contribution in [2.75, 3.05) is 11.9 Å². The molecule has 0 aliphatic rings. The second kappa shape index (κ2) is 8.86. The van der Waals surface area contributed by atoms with Crippen molar-refractivity contribution in [3.63, 3.8) is 0 Å². The van der Waals surface area contributed by atoms with Gasteiger partial charge in [0.1, 0.15) is 5.75 Å². The molecule has 3 N–H and O–H groups in total. The van der Waals surface area contributed by atoms with Crippen LogP contribution in [0, 0.1) is 11.3 Å². The fourth-order valence-electron chi connectivity index (χ4n) is 1.67. The highest BCUT2D eigenvalue weighted by Gasteiger charge is 2.04. The van der Waals surface area contributed by atoms with Gasteiger partial charge in [-0.2, -0.15) is 5.26 Å². The Labute approximate surface area is 152 Å². The number of halogens is 1. The molecule has 2 rings (SSSR count). The topological polar surface area (TPSA) is 86.2 Å². The number of hydrogen-bond donors (Lipinski definition) is 3. The molecule has 0 radical (unpaired) electrons. The largest absolute Gasteiger partial charge is 0.484 e. The summed E-state index contributed by atoms with van der Waals surface area (Å²) in [6.45, 7) is -0.182. The quantitative estimate of drug-likeness (QED) is 0.536. The van der Waals surface area contributed by atoms with Gasteiger partial charge in [0, 0.05) is 10.2 Å². The molecule has 0 aliphatic carbocycles. The molecule has 6 nitrogen and oxygen atoms in total. The molecule has 0 saturated heterocycles.